The first-order valence-electron chi connectivity index (χ1n) is 6.53. The lowest BCUT2D eigenvalue weighted by molar-refractivity contribution is 0.0590. The summed E-state index contributed by atoms with van der Waals surface area (Å²) in [7, 11) is 0. The first kappa shape index (κ1) is 12.8. The summed E-state index contributed by atoms with van der Waals surface area (Å²) in [5.41, 5.74) is 1.08. The second-order valence-electron chi connectivity index (χ2n) is 4.77. The molecule has 1 aromatic rings. The minimum Gasteiger partial charge on any atom is -0.505 e. The maximum absolute atomic E-state index is 11.0. The molecule has 1 aliphatic carbocycles. The van der Waals surface area contributed by atoms with Gasteiger partial charge in [0.1, 0.15) is 11.1 Å². The molecule has 104 valence electrons. The molecule has 0 amide bonds. The van der Waals surface area contributed by atoms with E-state index in [9.17, 15) is 10.0 Å². The van der Waals surface area contributed by atoms with Crippen molar-refractivity contribution in [3.05, 3.63) is 45.6 Å². The Hall–Kier alpha value is -2.21. The summed E-state index contributed by atoms with van der Waals surface area (Å²) in [4.78, 5) is 17.2. The second-order valence-corrected chi connectivity index (χ2v) is 4.77. The SMILES string of the molecule is O=NC1=c2cccnc2=C(O)C(=CN2CCOCC2)C1. The molecule has 1 fully saturated rings. The molecular formula is C14H15N3O3. The van der Waals surface area contributed by atoms with Crippen LogP contribution in [0.5, 0.6) is 0 Å². The van der Waals surface area contributed by atoms with Crippen LogP contribution in [-0.4, -0.2) is 41.3 Å². The van der Waals surface area contributed by atoms with E-state index in [-0.39, 0.29) is 5.76 Å². The van der Waals surface area contributed by atoms with Crippen molar-refractivity contribution < 1.29 is 9.84 Å². The average molecular weight is 273 g/mol. The number of nitroso groups, excluding NO2 is 1. The van der Waals surface area contributed by atoms with Crippen molar-refractivity contribution in [1.29, 1.82) is 0 Å². The van der Waals surface area contributed by atoms with Gasteiger partial charge in [-0.2, -0.15) is 0 Å². The predicted molar refractivity (Wildman–Crippen MR) is 73.8 cm³/mol. The summed E-state index contributed by atoms with van der Waals surface area (Å²) in [6.07, 6.45) is 3.79. The summed E-state index contributed by atoms with van der Waals surface area (Å²) in [6.45, 7) is 2.88. The molecule has 0 radical (unpaired) electrons. The topological polar surface area (TPSA) is 75.0 Å². The molecule has 0 aromatic carbocycles. The van der Waals surface area contributed by atoms with E-state index >= 15 is 0 Å². The highest BCUT2D eigenvalue weighted by Crippen LogP contribution is 2.21. The van der Waals surface area contributed by atoms with Crippen molar-refractivity contribution in [3.63, 3.8) is 0 Å². The number of aliphatic hydroxyl groups is 1. The Labute approximate surface area is 115 Å². The molecule has 20 heavy (non-hydrogen) atoms. The number of fused-ring (bicyclic) bond motifs is 1. The van der Waals surface area contributed by atoms with Gasteiger partial charge in [-0.25, -0.2) is 0 Å². The van der Waals surface area contributed by atoms with Crippen molar-refractivity contribution in [3.8, 4) is 0 Å². The molecule has 0 unspecified atom stereocenters. The van der Waals surface area contributed by atoms with Crippen molar-refractivity contribution in [2.24, 2.45) is 5.18 Å². The fourth-order valence-electron chi connectivity index (χ4n) is 2.45. The van der Waals surface area contributed by atoms with E-state index < -0.39 is 0 Å². The molecular weight excluding hydrogens is 258 g/mol. The molecule has 0 spiro atoms. The maximum Gasteiger partial charge on any atom is 0.146 e. The van der Waals surface area contributed by atoms with Gasteiger partial charge < -0.3 is 14.7 Å². The molecule has 2 heterocycles. The quantitative estimate of drug-likeness (QED) is 0.781. The first-order valence-corrected chi connectivity index (χ1v) is 6.53. The normalized spacial score (nSPS) is 21.0. The molecule has 3 rings (SSSR count). The fourth-order valence-corrected chi connectivity index (χ4v) is 2.45. The number of nitrogens with zero attached hydrogens (tertiary/aromatic N) is 3. The highest BCUT2D eigenvalue weighted by molar-refractivity contribution is 5.66. The van der Waals surface area contributed by atoms with E-state index in [1.807, 2.05) is 6.20 Å². The summed E-state index contributed by atoms with van der Waals surface area (Å²) >= 11 is 0. The van der Waals surface area contributed by atoms with Gasteiger partial charge >= 0.3 is 0 Å². The van der Waals surface area contributed by atoms with Gasteiger partial charge in [0.25, 0.3) is 0 Å². The van der Waals surface area contributed by atoms with Crippen LogP contribution < -0.4 is 10.6 Å². The van der Waals surface area contributed by atoms with Gasteiger partial charge in [0.05, 0.1) is 18.9 Å². The monoisotopic (exact) mass is 273 g/mol. The van der Waals surface area contributed by atoms with Crippen LogP contribution in [0.25, 0.3) is 11.5 Å². The van der Waals surface area contributed by atoms with Crippen molar-refractivity contribution in [1.82, 2.24) is 9.88 Å². The molecule has 0 bridgehead atoms. The van der Waals surface area contributed by atoms with E-state index in [4.69, 9.17) is 4.74 Å². The minimum atomic E-state index is 0.125. The molecule has 2 aliphatic rings. The van der Waals surface area contributed by atoms with E-state index in [0.717, 1.165) is 13.1 Å². The van der Waals surface area contributed by atoms with E-state index in [1.54, 1.807) is 18.3 Å². The van der Waals surface area contributed by atoms with Crippen molar-refractivity contribution >= 4 is 11.5 Å². The smallest absolute Gasteiger partial charge is 0.146 e. The molecule has 1 N–H and O–H groups in total. The molecule has 1 aliphatic heterocycles. The lowest BCUT2D eigenvalue weighted by Crippen LogP contribution is -2.37. The predicted octanol–water partition coefficient (Wildman–Crippen LogP) is 0.242. The third-order valence-corrected chi connectivity index (χ3v) is 3.50. The van der Waals surface area contributed by atoms with Crippen molar-refractivity contribution in [2.45, 2.75) is 6.42 Å². The number of ether oxygens (including phenoxy) is 1. The summed E-state index contributed by atoms with van der Waals surface area (Å²) in [5, 5.41) is 14.5. The van der Waals surface area contributed by atoms with Gasteiger partial charge in [-0.3, -0.25) is 4.98 Å². The van der Waals surface area contributed by atoms with Gasteiger partial charge in [0.2, 0.25) is 0 Å². The number of hydrogen-bond acceptors (Lipinski definition) is 6. The Balaban J connectivity index is 2.07. The zero-order valence-corrected chi connectivity index (χ0v) is 11.0. The third-order valence-electron chi connectivity index (χ3n) is 3.50. The Bertz CT molecular complexity index is 675. The van der Waals surface area contributed by atoms with Crippen LogP contribution in [0.4, 0.5) is 0 Å². The molecule has 1 aromatic heterocycles. The van der Waals surface area contributed by atoms with Crippen LogP contribution in [-0.2, 0) is 4.74 Å². The Kier molecular flexibility index (Phi) is 3.47. The number of aromatic nitrogens is 1. The van der Waals surface area contributed by atoms with Gasteiger partial charge in [-0.1, -0.05) is 0 Å². The van der Waals surface area contributed by atoms with Crippen molar-refractivity contribution in [2.75, 3.05) is 26.3 Å². The van der Waals surface area contributed by atoms with Crippen LogP contribution in [0, 0.1) is 4.91 Å². The number of aliphatic hydroxyl groups excluding tert-OH is 1. The first-order chi connectivity index (χ1) is 9.79. The van der Waals surface area contributed by atoms with Crippen LogP contribution in [0.3, 0.4) is 0 Å². The fraction of sp³-hybridized carbons (Fsp3) is 0.357. The van der Waals surface area contributed by atoms with E-state index in [2.05, 4.69) is 15.1 Å². The summed E-state index contributed by atoms with van der Waals surface area (Å²) in [5.74, 6) is 0.125. The maximum atomic E-state index is 11.0. The van der Waals surface area contributed by atoms with Gasteiger partial charge in [0, 0.05) is 42.7 Å². The molecule has 0 saturated carbocycles. The largest absolute Gasteiger partial charge is 0.505 e. The van der Waals surface area contributed by atoms with E-state index in [1.165, 1.54) is 0 Å². The zero-order chi connectivity index (χ0) is 13.9. The highest BCUT2D eigenvalue weighted by Gasteiger charge is 2.18. The standard InChI is InChI=1S/C14H15N3O3/c18-14-10(9-17-4-6-20-7-5-17)8-12(16-19)11-2-1-3-15-13(11)14/h1-3,9,18H,4-8H2. The van der Waals surface area contributed by atoms with Crippen LogP contribution in [0.15, 0.2) is 35.3 Å². The Morgan fingerprint density at radius 3 is 2.95 bits per heavy atom. The second kappa shape index (κ2) is 5.42. The number of rotatable bonds is 2. The minimum absolute atomic E-state index is 0.125. The lowest BCUT2D eigenvalue weighted by Gasteiger charge is -2.26. The van der Waals surface area contributed by atoms with Crippen LogP contribution in [0.1, 0.15) is 6.42 Å². The zero-order valence-electron chi connectivity index (χ0n) is 11.0. The molecule has 6 nitrogen and oxygen atoms in total. The molecule has 0 atom stereocenters. The Morgan fingerprint density at radius 2 is 2.20 bits per heavy atom. The number of morpholine rings is 1. The molecule has 1 saturated heterocycles. The number of pyridine rings is 1. The van der Waals surface area contributed by atoms with Gasteiger partial charge in [0.15, 0.2) is 0 Å². The van der Waals surface area contributed by atoms with Gasteiger partial charge in [-0.05, 0) is 17.3 Å². The third kappa shape index (κ3) is 2.30. The average Bonchev–Trinajstić information content (AvgIpc) is 2.51. The van der Waals surface area contributed by atoms with Gasteiger partial charge in [-0.15, -0.1) is 4.91 Å². The van der Waals surface area contributed by atoms with Crippen LogP contribution in [0.2, 0.25) is 0 Å². The summed E-state index contributed by atoms with van der Waals surface area (Å²) < 4.78 is 5.29. The summed E-state index contributed by atoms with van der Waals surface area (Å²) in [6, 6.07) is 3.48. The van der Waals surface area contributed by atoms with Crippen LogP contribution >= 0.6 is 0 Å². The highest BCUT2D eigenvalue weighted by atomic mass is 16.5. The lowest BCUT2D eigenvalue weighted by atomic mass is 10.0. The van der Waals surface area contributed by atoms with E-state index in [0.29, 0.717) is 41.5 Å². The Morgan fingerprint density at radius 1 is 1.40 bits per heavy atom. The molecule has 6 heteroatoms. The number of hydrogen-bond donors (Lipinski definition) is 1.